The second-order valence-corrected chi connectivity index (χ2v) is 6.95. The van der Waals surface area contributed by atoms with Crippen LogP contribution in [0.1, 0.15) is 23.7 Å². The molecule has 1 saturated heterocycles. The van der Waals surface area contributed by atoms with Gasteiger partial charge in [0.05, 0.1) is 11.8 Å². The van der Waals surface area contributed by atoms with Crippen LogP contribution < -0.4 is 15.5 Å². The fourth-order valence-corrected chi connectivity index (χ4v) is 3.20. The van der Waals surface area contributed by atoms with Crippen LogP contribution in [0.5, 0.6) is 0 Å². The van der Waals surface area contributed by atoms with E-state index in [1.807, 2.05) is 23.1 Å². The second kappa shape index (κ2) is 9.77. The number of benzene rings is 1. The van der Waals surface area contributed by atoms with E-state index in [0.29, 0.717) is 18.7 Å². The Balaban J connectivity index is 1.35. The largest absolute Gasteiger partial charge is 0.472 e. The smallest absolute Gasteiger partial charge is 0.255 e. The lowest BCUT2D eigenvalue weighted by atomic mass is 10.2. The number of rotatable bonds is 7. The number of piperazine rings is 1. The van der Waals surface area contributed by atoms with Gasteiger partial charge in [0.2, 0.25) is 11.8 Å². The summed E-state index contributed by atoms with van der Waals surface area (Å²) < 4.78 is 4.85. The van der Waals surface area contributed by atoms with Gasteiger partial charge in [-0.25, -0.2) is 0 Å². The van der Waals surface area contributed by atoms with Crippen LogP contribution in [0.25, 0.3) is 0 Å². The summed E-state index contributed by atoms with van der Waals surface area (Å²) in [6.45, 7) is 4.75. The Bertz CT molecular complexity index is 814. The van der Waals surface area contributed by atoms with E-state index in [9.17, 15) is 14.4 Å². The summed E-state index contributed by atoms with van der Waals surface area (Å²) in [5.41, 5.74) is 1.52. The van der Waals surface area contributed by atoms with Gasteiger partial charge in [-0.05, 0) is 25.1 Å². The highest BCUT2D eigenvalue weighted by molar-refractivity contribution is 5.97. The van der Waals surface area contributed by atoms with Crippen molar-refractivity contribution in [1.29, 1.82) is 0 Å². The van der Waals surface area contributed by atoms with Gasteiger partial charge in [0.15, 0.2) is 0 Å². The highest BCUT2D eigenvalue weighted by atomic mass is 16.3. The maximum Gasteiger partial charge on any atom is 0.255 e. The van der Waals surface area contributed by atoms with Gasteiger partial charge in [0.1, 0.15) is 12.3 Å². The Morgan fingerprint density at radius 3 is 2.45 bits per heavy atom. The Kier molecular flexibility index (Phi) is 6.89. The maximum atomic E-state index is 12.4. The van der Waals surface area contributed by atoms with E-state index in [2.05, 4.69) is 27.7 Å². The maximum absolute atomic E-state index is 12.4. The number of hydrogen-bond donors (Lipinski definition) is 2. The highest BCUT2D eigenvalue weighted by Gasteiger charge is 2.22. The van der Waals surface area contributed by atoms with Crippen molar-refractivity contribution in [3.8, 4) is 0 Å². The molecule has 1 aliphatic heterocycles. The van der Waals surface area contributed by atoms with Gasteiger partial charge in [-0.3, -0.25) is 14.4 Å². The lowest BCUT2D eigenvalue weighted by Crippen LogP contribution is -2.50. The van der Waals surface area contributed by atoms with Crippen molar-refractivity contribution in [2.75, 3.05) is 37.6 Å². The lowest BCUT2D eigenvalue weighted by molar-refractivity contribution is -0.131. The topological polar surface area (TPSA) is 94.9 Å². The molecule has 1 fully saturated rings. The van der Waals surface area contributed by atoms with E-state index < -0.39 is 6.04 Å². The van der Waals surface area contributed by atoms with Crippen LogP contribution in [0, 0.1) is 0 Å². The molecule has 1 aliphatic rings. The number of anilines is 1. The first-order valence-electron chi connectivity index (χ1n) is 9.73. The van der Waals surface area contributed by atoms with Crippen LogP contribution in [-0.4, -0.2) is 61.4 Å². The Labute approximate surface area is 169 Å². The van der Waals surface area contributed by atoms with Crippen LogP contribution in [-0.2, 0) is 9.59 Å². The number of hydrogen-bond acceptors (Lipinski definition) is 5. The monoisotopic (exact) mass is 398 g/mol. The van der Waals surface area contributed by atoms with Gasteiger partial charge < -0.3 is 24.9 Å². The van der Waals surface area contributed by atoms with E-state index in [4.69, 9.17) is 4.42 Å². The molecular formula is C21H26N4O4. The molecule has 3 amide bonds. The van der Waals surface area contributed by atoms with E-state index >= 15 is 0 Å². The minimum absolute atomic E-state index is 0.0214. The van der Waals surface area contributed by atoms with Gasteiger partial charge in [-0.2, -0.15) is 0 Å². The van der Waals surface area contributed by atoms with Gasteiger partial charge in [0, 0.05) is 44.8 Å². The molecule has 1 aromatic carbocycles. The SMILES string of the molecule is CC(NC(=O)c1ccoc1)C(=O)NCCC(=O)N1CCN(c2ccccc2)CC1. The molecule has 8 nitrogen and oxygen atoms in total. The molecule has 1 aromatic heterocycles. The third-order valence-corrected chi connectivity index (χ3v) is 4.92. The Morgan fingerprint density at radius 2 is 1.79 bits per heavy atom. The zero-order valence-corrected chi connectivity index (χ0v) is 16.5. The second-order valence-electron chi connectivity index (χ2n) is 6.95. The van der Waals surface area contributed by atoms with E-state index in [-0.39, 0.29) is 30.7 Å². The third kappa shape index (κ3) is 5.60. The molecule has 0 saturated carbocycles. The zero-order chi connectivity index (χ0) is 20.6. The molecule has 154 valence electrons. The molecule has 0 radical (unpaired) electrons. The van der Waals surface area contributed by atoms with Crippen molar-refractivity contribution >= 4 is 23.4 Å². The molecule has 1 atom stereocenters. The van der Waals surface area contributed by atoms with E-state index in [1.165, 1.54) is 24.3 Å². The van der Waals surface area contributed by atoms with Crippen molar-refractivity contribution in [3.63, 3.8) is 0 Å². The molecule has 2 aromatic rings. The summed E-state index contributed by atoms with van der Waals surface area (Å²) in [4.78, 5) is 40.5. The summed E-state index contributed by atoms with van der Waals surface area (Å²) in [7, 11) is 0. The zero-order valence-electron chi connectivity index (χ0n) is 16.5. The summed E-state index contributed by atoms with van der Waals surface area (Å²) in [6, 6.07) is 11.0. The predicted octanol–water partition coefficient (Wildman–Crippen LogP) is 1.25. The quantitative estimate of drug-likeness (QED) is 0.732. The predicted molar refractivity (Wildman–Crippen MR) is 108 cm³/mol. The molecule has 1 unspecified atom stereocenters. The first-order valence-corrected chi connectivity index (χ1v) is 9.73. The van der Waals surface area contributed by atoms with Crippen molar-refractivity contribution in [3.05, 3.63) is 54.5 Å². The van der Waals surface area contributed by atoms with Crippen molar-refractivity contribution < 1.29 is 18.8 Å². The number of nitrogens with one attached hydrogen (secondary N) is 2. The summed E-state index contributed by atoms with van der Waals surface area (Å²) in [5.74, 6) is -0.689. The van der Waals surface area contributed by atoms with Gasteiger partial charge in [0.25, 0.3) is 5.91 Å². The molecule has 0 bridgehead atoms. The number of para-hydroxylation sites is 1. The summed E-state index contributed by atoms with van der Waals surface area (Å²) in [6.07, 6.45) is 2.95. The van der Waals surface area contributed by atoms with Crippen molar-refractivity contribution in [2.45, 2.75) is 19.4 Å². The fraction of sp³-hybridized carbons (Fsp3) is 0.381. The first kappa shape index (κ1) is 20.4. The Morgan fingerprint density at radius 1 is 1.07 bits per heavy atom. The fourth-order valence-electron chi connectivity index (χ4n) is 3.20. The van der Waals surface area contributed by atoms with E-state index in [1.54, 1.807) is 6.92 Å². The van der Waals surface area contributed by atoms with Crippen molar-refractivity contribution in [2.24, 2.45) is 0 Å². The number of amides is 3. The highest BCUT2D eigenvalue weighted by Crippen LogP contribution is 2.15. The molecule has 2 N–H and O–H groups in total. The summed E-state index contributed by atoms with van der Waals surface area (Å²) >= 11 is 0. The van der Waals surface area contributed by atoms with Crippen LogP contribution in [0.2, 0.25) is 0 Å². The molecule has 29 heavy (non-hydrogen) atoms. The van der Waals surface area contributed by atoms with Crippen LogP contribution >= 0.6 is 0 Å². The summed E-state index contributed by atoms with van der Waals surface area (Å²) in [5, 5.41) is 5.29. The number of furan rings is 1. The van der Waals surface area contributed by atoms with E-state index in [0.717, 1.165) is 13.1 Å². The average Bonchev–Trinajstić information content (AvgIpc) is 3.29. The lowest BCUT2D eigenvalue weighted by Gasteiger charge is -2.36. The molecular weight excluding hydrogens is 372 g/mol. The molecule has 0 spiro atoms. The van der Waals surface area contributed by atoms with Crippen LogP contribution in [0.4, 0.5) is 5.69 Å². The first-order chi connectivity index (χ1) is 14.0. The Hall–Kier alpha value is -3.29. The number of carbonyl (C=O) groups is 3. The van der Waals surface area contributed by atoms with Crippen LogP contribution in [0.15, 0.2) is 53.3 Å². The standard InChI is InChI=1S/C21H26N4O4/c1-16(23-21(28)17-8-14-29-15-17)20(27)22-9-7-19(26)25-12-10-24(11-13-25)18-5-3-2-4-6-18/h2-6,8,14-16H,7,9-13H2,1H3,(H,22,27)(H,23,28). The minimum Gasteiger partial charge on any atom is -0.472 e. The third-order valence-electron chi connectivity index (χ3n) is 4.92. The average molecular weight is 398 g/mol. The normalized spacial score (nSPS) is 14.9. The molecule has 3 rings (SSSR count). The minimum atomic E-state index is -0.707. The van der Waals surface area contributed by atoms with Gasteiger partial charge in [-0.1, -0.05) is 18.2 Å². The van der Waals surface area contributed by atoms with Gasteiger partial charge in [-0.15, -0.1) is 0 Å². The molecule has 2 heterocycles. The molecule has 8 heteroatoms. The van der Waals surface area contributed by atoms with Crippen molar-refractivity contribution in [1.82, 2.24) is 15.5 Å². The molecule has 0 aliphatic carbocycles. The number of nitrogens with zero attached hydrogens (tertiary/aromatic N) is 2. The van der Waals surface area contributed by atoms with Crippen LogP contribution in [0.3, 0.4) is 0 Å². The van der Waals surface area contributed by atoms with Gasteiger partial charge >= 0.3 is 0 Å². The number of carbonyl (C=O) groups excluding carboxylic acids is 3.